The Hall–Kier alpha value is -3.18. The predicted molar refractivity (Wildman–Crippen MR) is 107 cm³/mol. The number of aromatic amines is 1. The van der Waals surface area contributed by atoms with Gasteiger partial charge in [-0.25, -0.2) is 9.78 Å². The number of fused-ring (bicyclic) bond motifs is 1. The molecule has 4 aromatic rings. The predicted octanol–water partition coefficient (Wildman–Crippen LogP) is 3.65. The summed E-state index contributed by atoms with van der Waals surface area (Å²) in [7, 11) is 0. The fraction of sp³-hybridized carbons (Fsp3) is 0.0952. The first-order valence-corrected chi connectivity index (χ1v) is 8.93. The van der Waals surface area contributed by atoms with Gasteiger partial charge in [0.25, 0.3) is 5.56 Å². The lowest BCUT2D eigenvalue weighted by molar-refractivity contribution is 0.666. The molecule has 0 aliphatic carbocycles. The average molecular weight is 378 g/mol. The zero-order valence-electron chi connectivity index (χ0n) is 14.4. The largest absolute Gasteiger partial charge is 0.330 e. The fourth-order valence-corrected chi connectivity index (χ4v) is 3.44. The number of benzene rings is 2. The van der Waals surface area contributed by atoms with Crippen LogP contribution in [0, 0.1) is 0 Å². The highest BCUT2D eigenvalue weighted by molar-refractivity contribution is 6.33. The third-order valence-electron chi connectivity index (χ3n) is 4.51. The van der Waals surface area contributed by atoms with E-state index in [0.29, 0.717) is 34.6 Å². The molecule has 0 amide bonds. The van der Waals surface area contributed by atoms with Gasteiger partial charge in [-0.05, 0) is 24.1 Å². The van der Waals surface area contributed by atoms with Crippen LogP contribution < -0.4 is 11.2 Å². The summed E-state index contributed by atoms with van der Waals surface area (Å²) in [5.74, 6) is 0. The molecule has 0 aliphatic heterocycles. The van der Waals surface area contributed by atoms with Crippen molar-refractivity contribution < 1.29 is 0 Å². The van der Waals surface area contributed by atoms with Crippen molar-refractivity contribution in [2.45, 2.75) is 13.0 Å². The highest BCUT2D eigenvalue weighted by atomic mass is 35.5. The number of halogens is 1. The molecule has 2 heterocycles. The molecule has 0 fully saturated rings. The van der Waals surface area contributed by atoms with Gasteiger partial charge >= 0.3 is 5.69 Å². The van der Waals surface area contributed by atoms with Gasteiger partial charge in [0.2, 0.25) is 0 Å². The van der Waals surface area contributed by atoms with Crippen LogP contribution in [0.1, 0.15) is 5.56 Å². The second kappa shape index (κ2) is 7.21. The molecule has 0 saturated carbocycles. The van der Waals surface area contributed by atoms with Crippen LogP contribution in [-0.4, -0.2) is 14.5 Å². The number of nitrogens with zero attached hydrogens (tertiary/aromatic N) is 2. The number of hydrogen-bond donors (Lipinski definition) is 1. The van der Waals surface area contributed by atoms with E-state index in [-0.39, 0.29) is 0 Å². The van der Waals surface area contributed by atoms with Crippen LogP contribution in [0.25, 0.3) is 22.2 Å². The first-order chi connectivity index (χ1) is 13.1. The summed E-state index contributed by atoms with van der Waals surface area (Å²) >= 11 is 6.32. The Kier molecular flexibility index (Phi) is 4.60. The van der Waals surface area contributed by atoms with Gasteiger partial charge in [-0.2, -0.15) is 0 Å². The first kappa shape index (κ1) is 17.2. The lowest BCUT2D eigenvalue weighted by atomic mass is 10.0. The third-order valence-corrected chi connectivity index (χ3v) is 4.84. The van der Waals surface area contributed by atoms with Gasteiger partial charge in [0.15, 0.2) is 0 Å². The maximum absolute atomic E-state index is 12.6. The lowest BCUT2D eigenvalue weighted by Gasteiger charge is -2.12. The van der Waals surface area contributed by atoms with E-state index in [1.807, 2.05) is 48.5 Å². The standard InChI is InChI=1S/C21H16ClN3O2/c22-17-9-5-4-8-15(17)16-10-12-23-19-18(16)20(26)24-21(27)25(19)13-11-14-6-2-1-3-7-14/h1-10,12H,11,13H2,(H,24,26,27). The van der Waals surface area contributed by atoms with Crippen molar-refractivity contribution in [2.75, 3.05) is 0 Å². The summed E-state index contributed by atoms with van der Waals surface area (Å²) in [6, 6.07) is 18.9. The fourth-order valence-electron chi connectivity index (χ4n) is 3.20. The monoisotopic (exact) mass is 377 g/mol. The molecule has 27 heavy (non-hydrogen) atoms. The van der Waals surface area contributed by atoms with E-state index in [0.717, 1.165) is 11.1 Å². The van der Waals surface area contributed by atoms with Crippen LogP contribution in [0.5, 0.6) is 0 Å². The topological polar surface area (TPSA) is 67.8 Å². The minimum absolute atomic E-state index is 0.358. The Bertz CT molecular complexity index is 1230. The number of aromatic nitrogens is 3. The number of aryl methyl sites for hydroxylation is 2. The molecular weight excluding hydrogens is 362 g/mol. The zero-order chi connectivity index (χ0) is 18.8. The van der Waals surface area contributed by atoms with Crippen LogP contribution in [0.15, 0.2) is 76.4 Å². The van der Waals surface area contributed by atoms with Gasteiger partial charge < -0.3 is 0 Å². The summed E-state index contributed by atoms with van der Waals surface area (Å²) in [6.07, 6.45) is 2.25. The van der Waals surface area contributed by atoms with E-state index in [2.05, 4.69) is 9.97 Å². The second-order valence-corrected chi connectivity index (χ2v) is 6.59. The average Bonchev–Trinajstić information content (AvgIpc) is 2.68. The van der Waals surface area contributed by atoms with Crippen LogP contribution in [0.4, 0.5) is 0 Å². The molecule has 0 aliphatic rings. The van der Waals surface area contributed by atoms with E-state index in [4.69, 9.17) is 11.6 Å². The molecule has 4 rings (SSSR count). The van der Waals surface area contributed by atoms with E-state index in [1.165, 1.54) is 4.57 Å². The number of rotatable bonds is 4. The maximum Gasteiger partial charge on any atom is 0.330 e. The summed E-state index contributed by atoms with van der Waals surface area (Å²) in [5.41, 5.74) is 1.91. The van der Waals surface area contributed by atoms with Gasteiger partial charge in [0.1, 0.15) is 5.65 Å². The Morgan fingerprint density at radius 2 is 1.67 bits per heavy atom. The van der Waals surface area contributed by atoms with Crippen molar-refractivity contribution >= 4 is 22.6 Å². The molecule has 0 bridgehead atoms. The highest BCUT2D eigenvalue weighted by Gasteiger charge is 2.15. The molecule has 1 N–H and O–H groups in total. The molecule has 5 nitrogen and oxygen atoms in total. The molecule has 0 atom stereocenters. The maximum atomic E-state index is 12.6. The Balaban J connectivity index is 1.89. The van der Waals surface area contributed by atoms with E-state index >= 15 is 0 Å². The Morgan fingerprint density at radius 3 is 2.44 bits per heavy atom. The third kappa shape index (κ3) is 3.29. The molecule has 2 aromatic heterocycles. The molecule has 0 radical (unpaired) electrons. The van der Waals surface area contributed by atoms with Crippen LogP contribution in [0.3, 0.4) is 0 Å². The minimum atomic E-state index is -0.466. The Labute approximate surface area is 159 Å². The van der Waals surface area contributed by atoms with Crippen LogP contribution in [-0.2, 0) is 13.0 Å². The van der Waals surface area contributed by atoms with Crippen LogP contribution in [0.2, 0.25) is 5.02 Å². The molecular formula is C21H16ClN3O2. The van der Waals surface area contributed by atoms with Crippen LogP contribution >= 0.6 is 11.6 Å². The molecule has 0 spiro atoms. The highest BCUT2D eigenvalue weighted by Crippen LogP contribution is 2.30. The minimum Gasteiger partial charge on any atom is -0.277 e. The van der Waals surface area contributed by atoms with Crippen molar-refractivity contribution in [3.8, 4) is 11.1 Å². The van der Waals surface area contributed by atoms with Crippen molar-refractivity contribution in [1.29, 1.82) is 0 Å². The van der Waals surface area contributed by atoms with E-state index < -0.39 is 11.2 Å². The molecule has 2 aromatic carbocycles. The van der Waals surface area contributed by atoms with Gasteiger partial charge in [-0.3, -0.25) is 14.3 Å². The lowest BCUT2D eigenvalue weighted by Crippen LogP contribution is -2.31. The summed E-state index contributed by atoms with van der Waals surface area (Å²) in [5, 5.41) is 0.893. The van der Waals surface area contributed by atoms with Crippen molar-refractivity contribution in [1.82, 2.24) is 14.5 Å². The number of hydrogen-bond acceptors (Lipinski definition) is 3. The molecule has 6 heteroatoms. The van der Waals surface area contributed by atoms with Gasteiger partial charge in [0.05, 0.1) is 5.39 Å². The molecule has 134 valence electrons. The SMILES string of the molecule is O=c1[nH]c(=O)n(CCc2ccccc2)c2nccc(-c3ccccc3Cl)c12. The summed E-state index contributed by atoms with van der Waals surface area (Å²) in [4.78, 5) is 31.8. The summed E-state index contributed by atoms with van der Waals surface area (Å²) in [6.45, 7) is 0.412. The zero-order valence-corrected chi connectivity index (χ0v) is 15.1. The van der Waals surface area contributed by atoms with Crippen molar-refractivity contribution in [3.63, 3.8) is 0 Å². The van der Waals surface area contributed by atoms with Gasteiger partial charge in [0, 0.05) is 28.9 Å². The van der Waals surface area contributed by atoms with Crippen molar-refractivity contribution in [2.24, 2.45) is 0 Å². The second-order valence-electron chi connectivity index (χ2n) is 6.18. The van der Waals surface area contributed by atoms with Gasteiger partial charge in [-0.15, -0.1) is 0 Å². The normalized spacial score (nSPS) is 11.0. The van der Waals surface area contributed by atoms with Crippen molar-refractivity contribution in [3.05, 3.63) is 98.3 Å². The number of nitrogens with one attached hydrogen (secondary N) is 1. The number of H-pyrrole nitrogens is 1. The summed E-state index contributed by atoms with van der Waals surface area (Å²) < 4.78 is 1.50. The Morgan fingerprint density at radius 1 is 0.926 bits per heavy atom. The van der Waals surface area contributed by atoms with E-state index in [1.54, 1.807) is 18.3 Å². The smallest absolute Gasteiger partial charge is 0.277 e. The molecule has 0 unspecified atom stereocenters. The first-order valence-electron chi connectivity index (χ1n) is 8.56. The van der Waals surface area contributed by atoms with E-state index in [9.17, 15) is 9.59 Å². The quantitative estimate of drug-likeness (QED) is 0.590. The van der Waals surface area contributed by atoms with Gasteiger partial charge in [-0.1, -0.05) is 60.1 Å². The number of pyridine rings is 1. The molecule has 0 saturated heterocycles.